The second-order valence-corrected chi connectivity index (χ2v) is 13.1. The summed E-state index contributed by atoms with van der Waals surface area (Å²) in [5.74, 6) is -1.88. The highest BCUT2D eigenvalue weighted by Crippen LogP contribution is 2.45. The Kier molecular flexibility index (Phi) is 9.04. The Bertz CT molecular complexity index is 2060. The SMILES string of the molecule is CCC1=C(C)c2cc3[nH]c(c4c5[nH]c(cc6nc(cc1n2)C(C)=C6CC)c(C)c5C(=O)N(CCNC(C)=O)C4=O)C(CCC(=O)OC)C3C. The molecule has 49 heavy (non-hydrogen) atoms. The van der Waals surface area contributed by atoms with Crippen LogP contribution in [0.2, 0.25) is 0 Å². The van der Waals surface area contributed by atoms with Crippen molar-refractivity contribution in [2.75, 3.05) is 20.2 Å². The summed E-state index contributed by atoms with van der Waals surface area (Å²) >= 11 is 0. The van der Waals surface area contributed by atoms with E-state index < -0.39 is 11.8 Å². The van der Waals surface area contributed by atoms with Crippen molar-refractivity contribution in [1.82, 2.24) is 30.2 Å². The maximum absolute atomic E-state index is 14.5. The van der Waals surface area contributed by atoms with E-state index in [0.717, 1.165) is 63.6 Å². The van der Waals surface area contributed by atoms with Crippen molar-refractivity contribution in [3.63, 3.8) is 0 Å². The van der Waals surface area contributed by atoms with Gasteiger partial charge < -0.3 is 20.0 Å². The van der Waals surface area contributed by atoms with Crippen molar-refractivity contribution < 1.29 is 23.9 Å². The van der Waals surface area contributed by atoms with Crippen LogP contribution in [0.1, 0.15) is 140 Å². The number of rotatable bonds is 8. The average molecular weight is 665 g/mol. The van der Waals surface area contributed by atoms with E-state index in [2.05, 4.69) is 56.0 Å². The molecule has 6 rings (SSSR count). The fourth-order valence-corrected chi connectivity index (χ4v) is 7.57. The van der Waals surface area contributed by atoms with Crippen molar-refractivity contribution in [3.8, 4) is 0 Å². The monoisotopic (exact) mass is 664 g/mol. The second-order valence-electron chi connectivity index (χ2n) is 13.1. The van der Waals surface area contributed by atoms with Crippen molar-refractivity contribution in [2.45, 2.75) is 86.0 Å². The molecule has 0 saturated heterocycles. The van der Waals surface area contributed by atoms with Crippen molar-refractivity contribution in [3.05, 3.63) is 69.1 Å². The van der Waals surface area contributed by atoms with E-state index in [-0.39, 0.29) is 43.2 Å². The molecule has 0 radical (unpaired) electrons. The van der Waals surface area contributed by atoms with E-state index in [4.69, 9.17) is 14.7 Å². The molecule has 2 atom stereocenters. The molecule has 3 amide bonds. The van der Waals surface area contributed by atoms with Gasteiger partial charge in [-0.3, -0.25) is 24.1 Å². The van der Waals surface area contributed by atoms with Crippen LogP contribution in [0.15, 0.2) is 18.2 Å². The molecular weight excluding hydrogens is 620 g/mol. The molecule has 0 aromatic carbocycles. The number of esters is 1. The van der Waals surface area contributed by atoms with E-state index >= 15 is 0 Å². The fourth-order valence-electron chi connectivity index (χ4n) is 7.57. The summed E-state index contributed by atoms with van der Waals surface area (Å²) in [6, 6.07) is 6.08. The number of nitrogens with one attached hydrogen (secondary N) is 3. The summed E-state index contributed by atoms with van der Waals surface area (Å²) < 4.78 is 4.99. The number of methoxy groups -OCH3 is 1. The number of aryl methyl sites for hydroxylation is 1. The third kappa shape index (κ3) is 5.74. The Morgan fingerprint density at radius 2 is 1.51 bits per heavy atom. The molecule has 2 unspecified atom stereocenters. The minimum absolute atomic E-state index is 0.00416. The summed E-state index contributed by atoms with van der Waals surface area (Å²) in [4.78, 5) is 71.2. The third-order valence-corrected chi connectivity index (χ3v) is 10.4. The van der Waals surface area contributed by atoms with E-state index in [1.165, 1.54) is 18.9 Å². The van der Waals surface area contributed by atoms with Gasteiger partial charge in [-0.25, -0.2) is 9.97 Å². The number of aromatic amines is 2. The molecule has 2 aromatic heterocycles. The zero-order valence-electron chi connectivity index (χ0n) is 29.5. The topological polar surface area (TPSA) is 150 Å². The van der Waals surface area contributed by atoms with Crippen molar-refractivity contribution in [2.24, 2.45) is 0 Å². The number of carbonyl (C=O) groups excluding carboxylic acids is 4. The molecule has 4 aliphatic rings. The Labute approximate surface area is 286 Å². The normalized spacial score (nSPS) is 17.9. The predicted molar refractivity (Wildman–Crippen MR) is 189 cm³/mol. The fraction of sp³-hybridized carbons (Fsp3) is 0.421. The first-order valence-corrected chi connectivity index (χ1v) is 17.0. The van der Waals surface area contributed by atoms with Gasteiger partial charge in [0.1, 0.15) is 0 Å². The van der Waals surface area contributed by atoms with E-state index in [1.807, 2.05) is 19.1 Å². The number of H-pyrrole nitrogens is 2. The highest BCUT2D eigenvalue weighted by molar-refractivity contribution is 6.23. The third-order valence-electron chi connectivity index (χ3n) is 10.4. The largest absolute Gasteiger partial charge is 0.469 e. The van der Waals surface area contributed by atoms with Crippen molar-refractivity contribution >= 4 is 57.0 Å². The van der Waals surface area contributed by atoms with Crippen LogP contribution < -0.4 is 5.32 Å². The molecule has 6 heterocycles. The van der Waals surface area contributed by atoms with E-state index in [1.54, 1.807) is 0 Å². The van der Waals surface area contributed by atoms with Crippen LogP contribution in [0, 0.1) is 6.92 Å². The van der Waals surface area contributed by atoms with Crippen LogP contribution in [0.5, 0.6) is 0 Å². The standard InChI is InChI=1S/C38H44N6O5/c1-9-23-18(3)26-15-28-20(5)25(11-12-32(46)49-8)35(42-28)34-36-33(37(47)44(38(34)48)14-13-39-22(7)45)21(6)29(43-36)17-31-24(10-2)19(4)27(41-31)16-30(23)40-26/h15-17,20,25,42-43H,9-14H2,1-8H3,(H,39,45). The molecule has 11 heteroatoms. The molecule has 0 saturated carbocycles. The minimum atomic E-state index is -0.470. The second kappa shape index (κ2) is 13.1. The Hall–Kier alpha value is -5.06. The number of aromatic nitrogens is 4. The summed E-state index contributed by atoms with van der Waals surface area (Å²) in [6.07, 6.45) is 2.14. The first-order chi connectivity index (χ1) is 23.4. The van der Waals surface area contributed by atoms with Crippen LogP contribution in [0.4, 0.5) is 0 Å². The number of imide groups is 1. The van der Waals surface area contributed by atoms with Crippen LogP contribution in [-0.4, -0.2) is 68.7 Å². The first kappa shape index (κ1) is 33.8. The Morgan fingerprint density at radius 1 is 0.898 bits per heavy atom. The Morgan fingerprint density at radius 3 is 2.12 bits per heavy atom. The maximum Gasteiger partial charge on any atom is 0.305 e. The summed E-state index contributed by atoms with van der Waals surface area (Å²) in [5.41, 5.74) is 11.8. The van der Waals surface area contributed by atoms with Crippen LogP contribution in [0.3, 0.4) is 0 Å². The smallest absolute Gasteiger partial charge is 0.305 e. The molecule has 2 aromatic rings. The van der Waals surface area contributed by atoms with Gasteiger partial charge in [0.2, 0.25) is 5.91 Å². The summed E-state index contributed by atoms with van der Waals surface area (Å²) in [6.45, 7) is 13.9. The van der Waals surface area contributed by atoms with Gasteiger partial charge in [0.15, 0.2) is 0 Å². The first-order valence-electron chi connectivity index (χ1n) is 17.0. The van der Waals surface area contributed by atoms with E-state index in [0.29, 0.717) is 39.8 Å². The van der Waals surface area contributed by atoms with E-state index in [9.17, 15) is 19.2 Å². The summed E-state index contributed by atoms with van der Waals surface area (Å²) in [7, 11) is 1.37. The number of amides is 3. The average Bonchev–Trinajstić information content (AvgIpc) is 3.74. The molecule has 256 valence electrons. The number of ether oxygens (including phenoxy) is 1. The lowest BCUT2D eigenvalue weighted by Crippen LogP contribution is -2.44. The Balaban J connectivity index is 1.74. The number of nitrogens with zero attached hydrogens (tertiary/aromatic N) is 3. The van der Waals surface area contributed by atoms with Gasteiger partial charge >= 0.3 is 5.97 Å². The highest BCUT2D eigenvalue weighted by Gasteiger charge is 2.40. The number of allylic oxidation sites excluding steroid dienone is 4. The van der Waals surface area contributed by atoms with Crippen LogP contribution >= 0.6 is 0 Å². The lowest BCUT2D eigenvalue weighted by Gasteiger charge is -2.27. The molecule has 0 spiro atoms. The molecule has 8 bridgehead atoms. The number of hydrogen-bond donors (Lipinski definition) is 3. The summed E-state index contributed by atoms with van der Waals surface area (Å²) in [5, 5.41) is 2.71. The van der Waals surface area contributed by atoms with Crippen molar-refractivity contribution in [1.29, 1.82) is 0 Å². The number of carbonyl (C=O) groups is 4. The molecule has 4 aliphatic heterocycles. The molecule has 3 N–H and O–H groups in total. The quantitative estimate of drug-likeness (QED) is 0.213. The minimum Gasteiger partial charge on any atom is -0.469 e. The molecule has 11 nitrogen and oxygen atoms in total. The molecular formula is C38H44N6O5. The van der Waals surface area contributed by atoms with Gasteiger partial charge in [-0.05, 0) is 86.1 Å². The predicted octanol–water partition coefficient (Wildman–Crippen LogP) is 6.60. The van der Waals surface area contributed by atoms with Gasteiger partial charge in [0, 0.05) is 55.2 Å². The van der Waals surface area contributed by atoms with Gasteiger partial charge in [0.25, 0.3) is 11.8 Å². The zero-order valence-corrected chi connectivity index (χ0v) is 29.5. The van der Waals surface area contributed by atoms with Gasteiger partial charge in [0.05, 0.1) is 46.5 Å². The molecule has 0 fully saturated rings. The van der Waals surface area contributed by atoms with Gasteiger partial charge in [-0.2, -0.15) is 0 Å². The maximum atomic E-state index is 14.5. The molecule has 0 aliphatic carbocycles. The van der Waals surface area contributed by atoms with Gasteiger partial charge in [-0.1, -0.05) is 20.8 Å². The van der Waals surface area contributed by atoms with Gasteiger partial charge in [-0.15, -0.1) is 0 Å². The van der Waals surface area contributed by atoms with Crippen LogP contribution in [-0.2, 0) is 14.3 Å². The lowest BCUT2D eigenvalue weighted by molar-refractivity contribution is -0.140. The lowest BCUT2D eigenvalue weighted by atomic mass is 9.84. The number of hydrogen-bond acceptors (Lipinski definition) is 7. The number of fused-ring (bicyclic) bond motifs is 8. The highest BCUT2D eigenvalue weighted by atomic mass is 16.5. The zero-order chi connectivity index (χ0) is 35.3. The van der Waals surface area contributed by atoms with Crippen LogP contribution in [0.25, 0.3) is 33.3 Å².